The summed E-state index contributed by atoms with van der Waals surface area (Å²) in [7, 11) is 0. The number of piperidine rings is 3. The molecule has 0 radical (unpaired) electrons. The summed E-state index contributed by atoms with van der Waals surface area (Å²) < 4.78 is 47.1. The summed E-state index contributed by atoms with van der Waals surface area (Å²) in [5, 5.41) is 5.55. The second-order valence-electron chi connectivity index (χ2n) is 13.0. The normalized spacial score (nSPS) is 21.1. The molecular weight excluding hydrogens is 637 g/mol. The third-order valence-electron chi connectivity index (χ3n) is 10.0. The fourth-order valence-corrected chi connectivity index (χ4v) is 7.71. The Bertz CT molecular complexity index is 1500. The molecular formula is C33H40ClF3N6O4. The fourth-order valence-electron chi connectivity index (χ4n) is 7.47. The SMILES string of the molecule is Nc1c(Cl)cc(C[C@@H](OC(=O)N2CCC3(CC2)NC(=O)Nc2ccccc23)C(=O)N2CCC(N3CCCCC3)CC2)cc1C(F)(F)F. The molecule has 14 heteroatoms. The van der Waals surface area contributed by atoms with Crippen molar-refractivity contribution in [3.8, 4) is 0 Å². The molecule has 4 aliphatic rings. The molecule has 4 heterocycles. The van der Waals surface area contributed by atoms with Crippen molar-refractivity contribution >= 4 is 41.0 Å². The number of benzene rings is 2. The molecule has 3 saturated heterocycles. The zero-order valence-electron chi connectivity index (χ0n) is 26.1. The Morgan fingerprint density at radius 3 is 2.36 bits per heavy atom. The summed E-state index contributed by atoms with van der Waals surface area (Å²) in [6, 6.07) is 9.68. The lowest BCUT2D eigenvalue weighted by molar-refractivity contribution is -0.142. The van der Waals surface area contributed by atoms with Crippen molar-refractivity contribution < 1.29 is 32.3 Å². The Balaban J connectivity index is 1.18. The highest BCUT2D eigenvalue weighted by Gasteiger charge is 2.44. The summed E-state index contributed by atoms with van der Waals surface area (Å²) >= 11 is 6.10. The quantitative estimate of drug-likeness (QED) is 0.355. The van der Waals surface area contributed by atoms with E-state index in [1.807, 2.05) is 24.3 Å². The number of nitrogens with one attached hydrogen (secondary N) is 2. The van der Waals surface area contributed by atoms with Crippen molar-refractivity contribution in [2.75, 3.05) is 50.3 Å². The number of alkyl halides is 3. The minimum absolute atomic E-state index is 0.0810. The van der Waals surface area contributed by atoms with Crippen molar-refractivity contribution in [1.82, 2.24) is 20.0 Å². The van der Waals surface area contributed by atoms with E-state index in [-0.39, 0.29) is 36.1 Å². The van der Waals surface area contributed by atoms with Crippen molar-refractivity contribution in [3.05, 3.63) is 58.1 Å². The first kappa shape index (κ1) is 33.2. The lowest BCUT2D eigenvalue weighted by Gasteiger charge is -2.45. The summed E-state index contributed by atoms with van der Waals surface area (Å²) in [6.07, 6.45) is -1.25. The molecule has 1 atom stereocenters. The Hall–Kier alpha value is -3.71. The molecule has 0 unspecified atom stereocenters. The first-order valence-corrected chi connectivity index (χ1v) is 16.6. The number of nitrogen functional groups attached to an aromatic ring is 1. The van der Waals surface area contributed by atoms with Crippen LogP contribution in [0.1, 0.15) is 61.6 Å². The molecule has 254 valence electrons. The largest absolute Gasteiger partial charge is 0.436 e. The molecule has 1 spiro atoms. The number of ether oxygens (including phenoxy) is 1. The molecule has 4 N–H and O–H groups in total. The van der Waals surface area contributed by atoms with Gasteiger partial charge in [0.25, 0.3) is 5.91 Å². The Labute approximate surface area is 276 Å². The van der Waals surface area contributed by atoms with Crippen LogP contribution >= 0.6 is 11.6 Å². The highest BCUT2D eigenvalue weighted by Crippen LogP contribution is 2.40. The van der Waals surface area contributed by atoms with Crippen LogP contribution in [-0.4, -0.2) is 84.1 Å². The highest BCUT2D eigenvalue weighted by molar-refractivity contribution is 6.33. The van der Waals surface area contributed by atoms with Gasteiger partial charge in [-0.15, -0.1) is 0 Å². The Morgan fingerprint density at radius 1 is 1.00 bits per heavy atom. The van der Waals surface area contributed by atoms with E-state index in [1.165, 1.54) is 17.4 Å². The van der Waals surface area contributed by atoms with Crippen LogP contribution in [0.4, 0.5) is 34.1 Å². The predicted octanol–water partition coefficient (Wildman–Crippen LogP) is 5.59. The molecule has 0 aliphatic carbocycles. The summed E-state index contributed by atoms with van der Waals surface area (Å²) in [5.74, 6) is -0.454. The monoisotopic (exact) mass is 676 g/mol. The van der Waals surface area contributed by atoms with E-state index in [0.29, 0.717) is 37.7 Å². The molecule has 6 rings (SSSR count). The topological polar surface area (TPSA) is 120 Å². The van der Waals surface area contributed by atoms with Crippen molar-refractivity contribution in [2.24, 2.45) is 0 Å². The Kier molecular flexibility index (Phi) is 9.48. The maximum Gasteiger partial charge on any atom is 0.418 e. The van der Waals surface area contributed by atoms with Crippen LogP contribution in [0.5, 0.6) is 0 Å². The zero-order valence-corrected chi connectivity index (χ0v) is 26.8. The van der Waals surface area contributed by atoms with Gasteiger partial charge in [-0.25, -0.2) is 9.59 Å². The molecule has 10 nitrogen and oxygen atoms in total. The molecule has 47 heavy (non-hydrogen) atoms. The van der Waals surface area contributed by atoms with Crippen molar-refractivity contribution in [2.45, 2.75) is 75.2 Å². The standard InChI is InChI=1S/C33H40ClF3N6O4/c34-25-19-21(18-24(28(25)38)33(35,36)37)20-27(29(44)42-14-8-22(9-15-42)41-12-4-1-5-13-41)47-31(46)43-16-10-32(11-17-43)23-6-2-3-7-26(23)39-30(45)40-32/h2-3,6-7,18-19,22,27H,1,4-5,8-17,20,38H2,(H2,39,40,45)/t27-/m1/s1. The maximum atomic E-state index is 13.9. The number of hydrogen-bond acceptors (Lipinski definition) is 6. The smallest absolute Gasteiger partial charge is 0.418 e. The van der Waals surface area contributed by atoms with Crippen molar-refractivity contribution in [3.63, 3.8) is 0 Å². The number of urea groups is 1. The number of carbonyl (C=O) groups is 3. The molecule has 3 fully saturated rings. The highest BCUT2D eigenvalue weighted by atomic mass is 35.5. The number of anilines is 2. The van der Waals surface area contributed by atoms with E-state index < -0.39 is 41.1 Å². The van der Waals surface area contributed by atoms with E-state index in [0.717, 1.165) is 50.4 Å². The average Bonchev–Trinajstić information content (AvgIpc) is 3.06. The third kappa shape index (κ3) is 7.11. The number of nitrogens with zero attached hydrogens (tertiary/aromatic N) is 3. The number of nitrogens with two attached hydrogens (primary N) is 1. The van der Waals surface area contributed by atoms with Gasteiger partial charge in [-0.1, -0.05) is 36.2 Å². The first-order chi connectivity index (χ1) is 22.4. The maximum absolute atomic E-state index is 13.9. The average molecular weight is 677 g/mol. The van der Waals surface area contributed by atoms with E-state index in [9.17, 15) is 27.6 Å². The molecule has 0 bridgehead atoms. The van der Waals surface area contributed by atoms with Gasteiger partial charge in [0.1, 0.15) is 0 Å². The second-order valence-corrected chi connectivity index (χ2v) is 13.4. The minimum atomic E-state index is -4.76. The number of fused-ring (bicyclic) bond motifs is 2. The predicted molar refractivity (Wildman–Crippen MR) is 171 cm³/mol. The van der Waals surface area contributed by atoms with Gasteiger partial charge in [0.2, 0.25) is 0 Å². The van der Waals surface area contributed by atoms with Gasteiger partial charge in [0.05, 0.1) is 21.8 Å². The summed E-state index contributed by atoms with van der Waals surface area (Å²) in [4.78, 5) is 45.5. The molecule has 2 aromatic carbocycles. The molecule has 2 aromatic rings. The van der Waals surface area contributed by atoms with E-state index >= 15 is 0 Å². The van der Waals surface area contributed by atoms with Crippen molar-refractivity contribution in [1.29, 1.82) is 0 Å². The van der Waals surface area contributed by atoms with Crippen LogP contribution in [0.25, 0.3) is 0 Å². The molecule has 0 saturated carbocycles. The van der Waals surface area contributed by atoms with Gasteiger partial charge in [0.15, 0.2) is 6.10 Å². The van der Waals surface area contributed by atoms with Crippen LogP contribution in [0, 0.1) is 0 Å². The number of likely N-dealkylation sites (tertiary alicyclic amines) is 3. The zero-order chi connectivity index (χ0) is 33.3. The number of amides is 4. The molecule has 4 aliphatic heterocycles. The second kappa shape index (κ2) is 13.4. The lowest BCUT2D eigenvalue weighted by atomic mass is 9.79. The number of para-hydroxylation sites is 1. The van der Waals surface area contributed by atoms with Gasteiger partial charge < -0.3 is 35.8 Å². The van der Waals surface area contributed by atoms with Gasteiger partial charge >= 0.3 is 18.3 Å². The van der Waals surface area contributed by atoms with Crippen LogP contribution in [0.2, 0.25) is 5.02 Å². The van der Waals surface area contributed by atoms with Gasteiger partial charge in [-0.3, -0.25) is 4.79 Å². The van der Waals surface area contributed by atoms with E-state index in [4.69, 9.17) is 22.1 Å². The number of halogens is 4. The van der Waals surface area contributed by atoms with Crippen LogP contribution in [0.15, 0.2) is 36.4 Å². The van der Waals surface area contributed by atoms with Crippen LogP contribution in [-0.2, 0) is 27.7 Å². The van der Waals surface area contributed by atoms with E-state index in [2.05, 4.69) is 15.5 Å². The number of rotatable bonds is 5. The van der Waals surface area contributed by atoms with Crippen LogP contribution < -0.4 is 16.4 Å². The fraction of sp³-hybridized carbons (Fsp3) is 0.545. The van der Waals surface area contributed by atoms with Crippen LogP contribution in [0.3, 0.4) is 0 Å². The van der Waals surface area contributed by atoms with Gasteiger partial charge in [-0.2, -0.15) is 13.2 Å². The minimum Gasteiger partial charge on any atom is -0.436 e. The van der Waals surface area contributed by atoms with E-state index in [1.54, 1.807) is 4.90 Å². The Morgan fingerprint density at radius 2 is 1.68 bits per heavy atom. The van der Waals surface area contributed by atoms with Gasteiger partial charge in [0, 0.05) is 49.9 Å². The number of carbonyl (C=O) groups excluding carboxylic acids is 3. The molecule has 4 amide bonds. The summed E-state index contributed by atoms with van der Waals surface area (Å²) in [6.45, 7) is 3.48. The summed E-state index contributed by atoms with van der Waals surface area (Å²) in [5.41, 5.74) is 4.98. The first-order valence-electron chi connectivity index (χ1n) is 16.3. The lowest BCUT2D eigenvalue weighted by Crippen LogP contribution is -2.58. The number of hydrogen-bond donors (Lipinski definition) is 3. The third-order valence-corrected chi connectivity index (χ3v) is 10.3. The molecule has 0 aromatic heterocycles. The van der Waals surface area contributed by atoms with Gasteiger partial charge in [-0.05, 0) is 75.4 Å².